The Morgan fingerprint density at radius 2 is 2.17 bits per heavy atom. The van der Waals surface area contributed by atoms with Crippen molar-refractivity contribution in [2.45, 2.75) is 13.3 Å². The predicted octanol–water partition coefficient (Wildman–Crippen LogP) is 1.80. The summed E-state index contributed by atoms with van der Waals surface area (Å²) in [6.45, 7) is 4.78. The molecule has 1 aliphatic heterocycles. The fourth-order valence-electron chi connectivity index (χ4n) is 2.59. The average Bonchev–Trinajstić information content (AvgIpc) is 2.76. The minimum absolute atomic E-state index is 0.00358. The molecular formula is C15H17ClFN5O. The van der Waals surface area contributed by atoms with Crippen molar-refractivity contribution in [3.8, 4) is 5.69 Å². The lowest BCUT2D eigenvalue weighted by molar-refractivity contribution is 0.0759. The van der Waals surface area contributed by atoms with E-state index < -0.39 is 5.82 Å². The molecule has 0 bridgehead atoms. The van der Waals surface area contributed by atoms with Crippen LogP contribution in [0.2, 0.25) is 5.02 Å². The van der Waals surface area contributed by atoms with Crippen LogP contribution in [0, 0.1) is 12.7 Å². The zero-order chi connectivity index (χ0) is 16.4. The first-order chi connectivity index (χ1) is 11.1. The Morgan fingerprint density at radius 3 is 2.96 bits per heavy atom. The van der Waals surface area contributed by atoms with Crippen molar-refractivity contribution in [3.63, 3.8) is 0 Å². The molecule has 3 rings (SSSR count). The maximum atomic E-state index is 13.3. The number of aromatic nitrogens is 3. The second-order valence-electron chi connectivity index (χ2n) is 5.43. The van der Waals surface area contributed by atoms with Gasteiger partial charge in [-0.3, -0.25) is 4.79 Å². The monoisotopic (exact) mass is 337 g/mol. The molecular weight excluding hydrogens is 321 g/mol. The molecule has 1 aromatic heterocycles. The Morgan fingerprint density at radius 1 is 1.35 bits per heavy atom. The summed E-state index contributed by atoms with van der Waals surface area (Å²) in [5.41, 5.74) is 1.49. The Balaban J connectivity index is 1.89. The lowest BCUT2D eigenvalue weighted by Crippen LogP contribution is -2.34. The van der Waals surface area contributed by atoms with Crippen LogP contribution in [-0.4, -0.2) is 52.0 Å². The van der Waals surface area contributed by atoms with E-state index in [0.29, 0.717) is 30.2 Å². The number of hydrogen-bond donors (Lipinski definition) is 1. The van der Waals surface area contributed by atoms with E-state index in [0.717, 1.165) is 19.5 Å². The Hall–Kier alpha value is -1.99. The summed E-state index contributed by atoms with van der Waals surface area (Å²) in [7, 11) is 0. The fourth-order valence-corrected chi connectivity index (χ4v) is 2.76. The van der Waals surface area contributed by atoms with Crippen LogP contribution in [0.5, 0.6) is 0 Å². The van der Waals surface area contributed by atoms with Crippen molar-refractivity contribution in [2.75, 3.05) is 26.2 Å². The molecule has 122 valence electrons. The lowest BCUT2D eigenvalue weighted by atomic mass is 10.2. The third-order valence-corrected chi connectivity index (χ3v) is 4.16. The van der Waals surface area contributed by atoms with Crippen molar-refractivity contribution >= 4 is 17.5 Å². The van der Waals surface area contributed by atoms with Gasteiger partial charge in [0.25, 0.3) is 5.91 Å². The number of rotatable bonds is 2. The highest BCUT2D eigenvalue weighted by molar-refractivity contribution is 6.30. The largest absolute Gasteiger partial charge is 0.336 e. The van der Waals surface area contributed by atoms with E-state index in [-0.39, 0.29) is 10.9 Å². The van der Waals surface area contributed by atoms with Gasteiger partial charge in [0.1, 0.15) is 5.82 Å². The molecule has 1 aromatic carbocycles. The Kier molecular flexibility index (Phi) is 4.58. The summed E-state index contributed by atoms with van der Waals surface area (Å²) >= 11 is 5.81. The minimum atomic E-state index is -0.499. The second kappa shape index (κ2) is 6.64. The highest BCUT2D eigenvalue weighted by Crippen LogP contribution is 2.20. The summed E-state index contributed by atoms with van der Waals surface area (Å²) in [6.07, 6.45) is 0.909. The van der Waals surface area contributed by atoms with E-state index in [1.165, 1.54) is 16.8 Å². The first kappa shape index (κ1) is 15.9. The molecule has 0 unspecified atom stereocenters. The van der Waals surface area contributed by atoms with Crippen molar-refractivity contribution in [2.24, 2.45) is 0 Å². The number of nitrogens with one attached hydrogen (secondary N) is 1. The summed E-state index contributed by atoms with van der Waals surface area (Å²) in [6, 6.07) is 4.27. The van der Waals surface area contributed by atoms with Gasteiger partial charge in [-0.25, -0.2) is 9.07 Å². The highest BCUT2D eigenvalue weighted by atomic mass is 35.5. The molecule has 0 atom stereocenters. The number of hydrogen-bond acceptors (Lipinski definition) is 4. The van der Waals surface area contributed by atoms with E-state index in [1.807, 2.05) is 0 Å². The molecule has 8 heteroatoms. The zero-order valence-corrected chi connectivity index (χ0v) is 13.5. The van der Waals surface area contributed by atoms with Crippen LogP contribution in [0.3, 0.4) is 0 Å². The molecule has 23 heavy (non-hydrogen) atoms. The molecule has 1 amide bonds. The maximum Gasteiger partial charge on any atom is 0.276 e. The van der Waals surface area contributed by atoms with Crippen LogP contribution in [0.1, 0.15) is 22.6 Å². The van der Waals surface area contributed by atoms with E-state index in [1.54, 1.807) is 17.9 Å². The number of benzene rings is 1. The quantitative estimate of drug-likeness (QED) is 0.907. The van der Waals surface area contributed by atoms with E-state index in [2.05, 4.69) is 15.6 Å². The number of halogens is 2. The SMILES string of the molecule is Cc1c(C(=O)N2CCCNCC2)nnn1-c1ccc(F)c(Cl)c1. The molecule has 1 fully saturated rings. The molecule has 1 N–H and O–H groups in total. The van der Waals surface area contributed by atoms with Gasteiger partial charge in [-0.1, -0.05) is 16.8 Å². The van der Waals surface area contributed by atoms with E-state index in [9.17, 15) is 9.18 Å². The van der Waals surface area contributed by atoms with Gasteiger partial charge in [-0.05, 0) is 38.1 Å². The van der Waals surface area contributed by atoms with Gasteiger partial charge < -0.3 is 10.2 Å². The van der Waals surface area contributed by atoms with Gasteiger partial charge >= 0.3 is 0 Å². The van der Waals surface area contributed by atoms with Crippen LogP contribution in [0.25, 0.3) is 5.69 Å². The topological polar surface area (TPSA) is 63.1 Å². The van der Waals surface area contributed by atoms with Crippen LogP contribution >= 0.6 is 11.6 Å². The second-order valence-corrected chi connectivity index (χ2v) is 5.84. The molecule has 6 nitrogen and oxygen atoms in total. The van der Waals surface area contributed by atoms with Crippen molar-refractivity contribution in [3.05, 3.63) is 40.4 Å². The first-order valence-corrected chi connectivity index (χ1v) is 7.83. The molecule has 1 aliphatic rings. The number of carbonyl (C=O) groups is 1. The van der Waals surface area contributed by atoms with Crippen LogP contribution < -0.4 is 5.32 Å². The Labute approximate surface area is 138 Å². The van der Waals surface area contributed by atoms with Gasteiger partial charge in [0.2, 0.25) is 0 Å². The lowest BCUT2D eigenvalue weighted by Gasteiger charge is -2.18. The summed E-state index contributed by atoms with van der Waals surface area (Å²) in [5.74, 6) is -0.632. The summed E-state index contributed by atoms with van der Waals surface area (Å²) in [5, 5.41) is 11.3. The van der Waals surface area contributed by atoms with E-state index >= 15 is 0 Å². The van der Waals surface area contributed by atoms with Gasteiger partial charge in [-0.15, -0.1) is 5.10 Å². The third-order valence-electron chi connectivity index (χ3n) is 3.87. The predicted molar refractivity (Wildman–Crippen MR) is 84.5 cm³/mol. The number of nitrogens with zero attached hydrogens (tertiary/aromatic N) is 4. The highest BCUT2D eigenvalue weighted by Gasteiger charge is 2.23. The van der Waals surface area contributed by atoms with Gasteiger partial charge in [-0.2, -0.15) is 0 Å². The maximum absolute atomic E-state index is 13.3. The molecule has 2 aromatic rings. The van der Waals surface area contributed by atoms with Crippen molar-refractivity contribution < 1.29 is 9.18 Å². The standard InChI is InChI=1S/C15H17ClFN5O/c1-10-14(15(23)21-7-2-5-18-6-8-21)19-20-22(10)11-3-4-13(17)12(16)9-11/h3-4,9,18H,2,5-8H2,1H3. The summed E-state index contributed by atoms with van der Waals surface area (Å²) in [4.78, 5) is 14.4. The summed E-state index contributed by atoms with van der Waals surface area (Å²) < 4.78 is 14.8. The molecule has 0 aliphatic carbocycles. The molecule has 0 spiro atoms. The van der Waals surface area contributed by atoms with Gasteiger partial charge in [0.15, 0.2) is 5.69 Å². The van der Waals surface area contributed by atoms with Crippen LogP contribution in [0.4, 0.5) is 4.39 Å². The van der Waals surface area contributed by atoms with Gasteiger partial charge in [0.05, 0.1) is 16.4 Å². The molecule has 1 saturated heterocycles. The number of amides is 1. The minimum Gasteiger partial charge on any atom is -0.336 e. The number of carbonyl (C=O) groups excluding carboxylic acids is 1. The van der Waals surface area contributed by atoms with E-state index in [4.69, 9.17) is 11.6 Å². The zero-order valence-electron chi connectivity index (χ0n) is 12.7. The van der Waals surface area contributed by atoms with Crippen LogP contribution in [-0.2, 0) is 0 Å². The first-order valence-electron chi connectivity index (χ1n) is 7.45. The molecule has 0 saturated carbocycles. The average molecular weight is 338 g/mol. The molecule has 0 radical (unpaired) electrons. The fraction of sp³-hybridized carbons (Fsp3) is 0.400. The molecule has 2 heterocycles. The van der Waals surface area contributed by atoms with Crippen molar-refractivity contribution in [1.29, 1.82) is 0 Å². The third kappa shape index (κ3) is 3.20. The van der Waals surface area contributed by atoms with Crippen molar-refractivity contribution in [1.82, 2.24) is 25.2 Å². The Bertz CT molecular complexity index is 725. The normalized spacial score (nSPS) is 15.5. The van der Waals surface area contributed by atoms with Crippen LogP contribution in [0.15, 0.2) is 18.2 Å². The smallest absolute Gasteiger partial charge is 0.276 e. The van der Waals surface area contributed by atoms with Gasteiger partial charge in [0, 0.05) is 19.6 Å².